The Hall–Kier alpha value is -2.47. The summed E-state index contributed by atoms with van der Waals surface area (Å²) >= 11 is 5.85. The molecular weight excluding hydrogens is 321 g/mol. The van der Waals surface area contributed by atoms with Crippen LogP contribution in [0, 0.1) is 5.82 Å². The SMILES string of the molecule is CC(C)n1cccc(C(=O)N/N=C\c2c(F)cccc2Cl)c1=O. The van der Waals surface area contributed by atoms with Crippen molar-refractivity contribution < 1.29 is 9.18 Å². The second-order valence-electron chi connectivity index (χ2n) is 5.06. The molecule has 1 N–H and O–H groups in total. The molecule has 1 aromatic heterocycles. The minimum Gasteiger partial charge on any atom is -0.312 e. The van der Waals surface area contributed by atoms with Crippen LogP contribution in [0.5, 0.6) is 0 Å². The summed E-state index contributed by atoms with van der Waals surface area (Å²) in [5.41, 5.74) is 1.80. The zero-order chi connectivity index (χ0) is 17.0. The number of hydrogen-bond acceptors (Lipinski definition) is 3. The molecule has 2 rings (SSSR count). The Bertz CT molecular complexity index is 795. The summed E-state index contributed by atoms with van der Waals surface area (Å²) < 4.78 is 15.0. The molecule has 0 atom stereocenters. The lowest BCUT2D eigenvalue weighted by molar-refractivity contribution is 0.0953. The van der Waals surface area contributed by atoms with Gasteiger partial charge in [-0.15, -0.1) is 0 Å². The van der Waals surface area contributed by atoms with Gasteiger partial charge < -0.3 is 4.57 Å². The van der Waals surface area contributed by atoms with Gasteiger partial charge >= 0.3 is 0 Å². The third-order valence-corrected chi connectivity index (χ3v) is 3.46. The van der Waals surface area contributed by atoms with Crippen LogP contribution in [0.4, 0.5) is 4.39 Å². The van der Waals surface area contributed by atoms with Gasteiger partial charge in [0.1, 0.15) is 11.4 Å². The van der Waals surface area contributed by atoms with E-state index in [0.29, 0.717) is 0 Å². The number of pyridine rings is 1. The van der Waals surface area contributed by atoms with Crippen LogP contribution in [0.3, 0.4) is 0 Å². The largest absolute Gasteiger partial charge is 0.312 e. The van der Waals surface area contributed by atoms with Crippen LogP contribution in [0.1, 0.15) is 35.8 Å². The highest BCUT2D eigenvalue weighted by atomic mass is 35.5. The van der Waals surface area contributed by atoms with E-state index in [0.717, 1.165) is 6.21 Å². The first kappa shape index (κ1) is 16.9. The first-order valence-electron chi connectivity index (χ1n) is 6.90. The monoisotopic (exact) mass is 335 g/mol. The van der Waals surface area contributed by atoms with Crippen LogP contribution in [0.15, 0.2) is 46.4 Å². The Labute approximate surface area is 137 Å². The molecule has 1 amide bonds. The molecule has 0 radical (unpaired) electrons. The lowest BCUT2D eigenvalue weighted by atomic mass is 10.2. The molecule has 0 aliphatic heterocycles. The van der Waals surface area contributed by atoms with Gasteiger partial charge in [-0.05, 0) is 38.1 Å². The van der Waals surface area contributed by atoms with E-state index < -0.39 is 17.3 Å². The van der Waals surface area contributed by atoms with E-state index in [1.54, 1.807) is 12.3 Å². The van der Waals surface area contributed by atoms with Crippen molar-refractivity contribution in [2.24, 2.45) is 5.10 Å². The number of benzene rings is 1. The number of carbonyl (C=O) groups excluding carboxylic acids is 1. The van der Waals surface area contributed by atoms with Gasteiger partial charge in [-0.25, -0.2) is 9.82 Å². The summed E-state index contributed by atoms with van der Waals surface area (Å²) in [6.07, 6.45) is 2.70. The van der Waals surface area contributed by atoms with Crippen LogP contribution < -0.4 is 11.0 Å². The molecule has 0 unspecified atom stereocenters. The molecule has 0 aliphatic rings. The van der Waals surface area contributed by atoms with Crippen molar-refractivity contribution in [3.05, 3.63) is 68.8 Å². The average molecular weight is 336 g/mol. The number of hydrogen-bond donors (Lipinski definition) is 1. The predicted molar refractivity (Wildman–Crippen MR) is 87.6 cm³/mol. The van der Waals surface area contributed by atoms with Crippen LogP contribution in [0.25, 0.3) is 0 Å². The zero-order valence-electron chi connectivity index (χ0n) is 12.6. The number of carbonyl (C=O) groups is 1. The van der Waals surface area contributed by atoms with Crippen LogP contribution >= 0.6 is 11.6 Å². The maximum Gasteiger partial charge on any atom is 0.276 e. The fourth-order valence-corrected chi connectivity index (χ4v) is 2.15. The van der Waals surface area contributed by atoms with Crippen molar-refractivity contribution in [3.63, 3.8) is 0 Å². The van der Waals surface area contributed by atoms with E-state index in [1.165, 1.54) is 28.8 Å². The summed E-state index contributed by atoms with van der Waals surface area (Å²) in [5.74, 6) is -1.23. The zero-order valence-corrected chi connectivity index (χ0v) is 13.3. The van der Waals surface area contributed by atoms with Gasteiger partial charge in [-0.2, -0.15) is 5.10 Å². The highest BCUT2D eigenvalue weighted by Gasteiger charge is 2.12. The highest BCUT2D eigenvalue weighted by molar-refractivity contribution is 6.33. The standard InChI is InChI=1S/C16H15ClFN3O2/c1-10(2)21-8-4-5-11(16(21)23)15(22)20-19-9-12-13(17)6-3-7-14(12)18/h3-10H,1-2H3,(H,20,22)/b19-9-. The molecule has 0 saturated heterocycles. The molecule has 1 aromatic carbocycles. The Morgan fingerprint density at radius 1 is 1.35 bits per heavy atom. The third kappa shape index (κ3) is 3.84. The predicted octanol–water partition coefficient (Wildman–Crippen LogP) is 2.99. The number of halogens is 2. The van der Waals surface area contributed by atoms with Gasteiger partial charge in [-0.1, -0.05) is 17.7 Å². The molecule has 0 fully saturated rings. The van der Waals surface area contributed by atoms with Crippen LogP contribution in [-0.2, 0) is 0 Å². The summed E-state index contributed by atoms with van der Waals surface area (Å²) in [5, 5.41) is 3.83. The molecule has 0 aliphatic carbocycles. The average Bonchev–Trinajstić information content (AvgIpc) is 2.50. The normalized spacial score (nSPS) is 11.2. The highest BCUT2D eigenvalue weighted by Crippen LogP contribution is 2.16. The first-order valence-corrected chi connectivity index (χ1v) is 7.28. The van der Waals surface area contributed by atoms with Gasteiger partial charge in [0.2, 0.25) is 0 Å². The van der Waals surface area contributed by atoms with Crippen molar-refractivity contribution in [1.29, 1.82) is 0 Å². The molecule has 7 heteroatoms. The van der Waals surface area contributed by atoms with E-state index >= 15 is 0 Å². The number of nitrogens with zero attached hydrogens (tertiary/aromatic N) is 2. The second kappa shape index (κ2) is 7.19. The van der Waals surface area contributed by atoms with E-state index in [2.05, 4.69) is 10.5 Å². The van der Waals surface area contributed by atoms with Crippen LogP contribution in [-0.4, -0.2) is 16.7 Å². The lowest BCUT2D eigenvalue weighted by Crippen LogP contribution is -2.31. The molecule has 0 bridgehead atoms. The van der Waals surface area contributed by atoms with Crippen molar-refractivity contribution in [2.45, 2.75) is 19.9 Å². The molecule has 23 heavy (non-hydrogen) atoms. The maximum atomic E-state index is 13.6. The summed E-state index contributed by atoms with van der Waals surface area (Å²) in [7, 11) is 0. The van der Waals surface area contributed by atoms with E-state index in [-0.39, 0.29) is 22.2 Å². The Morgan fingerprint density at radius 2 is 2.09 bits per heavy atom. The molecular formula is C16H15ClFN3O2. The topological polar surface area (TPSA) is 63.5 Å². The number of amides is 1. The summed E-state index contributed by atoms with van der Waals surface area (Å²) in [6.45, 7) is 3.67. The summed E-state index contributed by atoms with van der Waals surface area (Å²) in [4.78, 5) is 24.2. The second-order valence-corrected chi connectivity index (χ2v) is 5.47. The molecule has 120 valence electrons. The van der Waals surface area contributed by atoms with E-state index in [1.807, 2.05) is 13.8 Å². The minimum absolute atomic E-state index is 0.0435. The quantitative estimate of drug-likeness (QED) is 0.689. The lowest BCUT2D eigenvalue weighted by Gasteiger charge is -2.10. The summed E-state index contributed by atoms with van der Waals surface area (Å²) in [6, 6.07) is 7.14. The number of nitrogens with one attached hydrogen (secondary N) is 1. The Kier molecular flexibility index (Phi) is 5.28. The maximum absolute atomic E-state index is 13.6. The fourth-order valence-electron chi connectivity index (χ4n) is 1.94. The van der Waals surface area contributed by atoms with Crippen LogP contribution in [0.2, 0.25) is 5.02 Å². The number of rotatable bonds is 4. The Morgan fingerprint density at radius 3 is 2.74 bits per heavy atom. The van der Waals surface area contributed by atoms with Gasteiger partial charge in [0, 0.05) is 17.8 Å². The van der Waals surface area contributed by atoms with Gasteiger partial charge in [-0.3, -0.25) is 9.59 Å². The molecule has 1 heterocycles. The van der Waals surface area contributed by atoms with Gasteiger partial charge in [0.05, 0.1) is 11.2 Å². The fraction of sp³-hybridized carbons (Fsp3) is 0.188. The minimum atomic E-state index is -0.672. The van der Waals surface area contributed by atoms with Crippen molar-refractivity contribution in [1.82, 2.24) is 9.99 Å². The van der Waals surface area contributed by atoms with Gasteiger partial charge in [0.25, 0.3) is 11.5 Å². The number of hydrazone groups is 1. The molecule has 0 spiro atoms. The smallest absolute Gasteiger partial charge is 0.276 e. The van der Waals surface area contributed by atoms with Gasteiger partial charge in [0.15, 0.2) is 0 Å². The number of aromatic nitrogens is 1. The van der Waals surface area contributed by atoms with Crippen molar-refractivity contribution >= 4 is 23.7 Å². The van der Waals surface area contributed by atoms with E-state index in [9.17, 15) is 14.0 Å². The van der Waals surface area contributed by atoms with E-state index in [4.69, 9.17) is 11.6 Å². The van der Waals surface area contributed by atoms with Crippen molar-refractivity contribution in [3.8, 4) is 0 Å². The molecule has 0 saturated carbocycles. The first-order chi connectivity index (χ1) is 10.9. The Balaban J connectivity index is 2.19. The molecule has 5 nitrogen and oxygen atoms in total. The molecule has 2 aromatic rings. The third-order valence-electron chi connectivity index (χ3n) is 3.13. The van der Waals surface area contributed by atoms with Crippen molar-refractivity contribution in [2.75, 3.05) is 0 Å².